The molecule has 0 saturated carbocycles. The van der Waals surface area contributed by atoms with Crippen molar-refractivity contribution in [3.63, 3.8) is 0 Å². The van der Waals surface area contributed by atoms with Crippen LogP contribution in [0, 0.1) is 0 Å². The number of nitrogens with two attached hydrogens (primary N) is 1. The predicted octanol–water partition coefficient (Wildman–Crippen LogP) is 3.80. The van der Waals surface area contributed by atoms with Crippen molar-refractivity contribution >= 4 is 16.3 Å². The molecule has 0 fully saturated rings. The Morgan fingerprint density at radius 3 is 2.80 bits per heavy atom. The van der Waals surface area contributed by atoms with Crippen molar-refractivity contribution < 1.29 is 13.9 Å². The van der Waals surface area contributed by atoms with Crippen molar-refractivity contribution in [3.05, 3.63) is 47.7 Å². The number of nitrogens with zero attached hydrogens (tertiary/aromatic N) is 2. The molecule has 0 amide bonds. The fourth-order valence-corrected chi connectivity index (χ4v) is 3.81. The van der Waals surface area contributed by atoms with Gasteiger partial charge in [0.15, 0.2) is 10.7 Å². The summed E-state index contributed by atoms with van der Waals surface area (Å²) < 4.78 is 18.5. The van der Waals surface area contributed by atoms with Gasteiger partial charge in [-0.15, -0.1) is 11.3 Å². The van der Waals surface area contributed by atoms with Gasteiger partial charge < -0.3 is 19.6 Å². The van der Waals surface area contributed by atoms with E-state index in [0.29, 0.717) is 6.54 Å². The third-order valence-corrected chi connectivity index (χ3v) is 4.91. The number of fused-ring (bicyclic) bond motifs is 1. The van der Waals surface area contributed by atoms with Crippen LogP contribution in [-0.2, 0) is 6.54 Å². The van der Waals surface area contributed by atoms with Crippen LogP contribution < -0.4 is 15.2 Å². The molecular weight excluding hydrogens is 338 g/mol. The molecule has 7 heteroatoms. The first-order valence-electron chi connectivity index (χ1n) is 7.72. The Morgan fingerprint density at radius 1 is 1.24 bits per heavy atom. The zero-order valence-electron chi connectivity index (χ0n) is 13.9. The number of imidazole rings is 1. The van der Waals surface area contributed by atoms with Gasteiger partial charge in [-0.2, -0.15) is 0 Å². The van der Waals surface area contributed by atoms with E-state index in [0.717, 1.165) is 44.9 Å². The van der Waals surface area contributed by atoms with Gasteiger partial charge in [-0.05, 0) is 30.3 Å². The van der Waals surface area contributed by atoms with Crippen LogP contribution in [0.4, 0.5) is 0 Å². The Morgan fingerprint density at radius 2 is 2.12 bits per heavy atom. The van der Waals surface area contributed by atoms with E-state index in [1.165, 1.54) is 0 Å². The molecule has 0 atom stereocenters. The first-order valence-corrected chi connectivity index (χ1v) is 8.60. The summed E-state index contributed by atoms with van der Waals surface area (Å²) in [5.74, 6) is 2.24. The minimum atomic E-state index is 0.335. The van der Waals surface area contributed by atoms with Crippen LogP contribution in [0.25, 0.3) is 27.7 Å². The molecule has 3 heterocycles. The van der Waals surface area contributed by atoms with Crippen molar-refractivity contribution in [1.82, 2.24) is 9.38 Å². The van der Waals surface area contributed by atoms with E-state index in [9.17, 15) is 0 Å². The lowest BCUT2D eigenvalue weighted by atomic mass is 10.1. The van der Waals surface area contributed by atoms with Crippen LogP contribution in [0.3, 0.4) is 0 Å². The lowest BCUT2D eigenvalue weighted by Gasteiger charge is -2.10. The van der Waals surface area contributed by atoms with Gasteiger partial charge in [0.1, 0.15) is 17.2 Å². The molecule has 0 aliphatic heterocycles. The van der Waals surface area contributed by atoms with E-state index in [4.69, 9.17) is 24.6 Å². The van der Waals surface area contributed by atoms with E-state index in [2.05, 4.69) is 0 Å². The monoisotopic (exact) mass is 355 g/mol. The normalized spacial score (nSPS) is 11.2. The summed E-state index contributed by atoms with van der Waals surface area (Å²) in [6.45, 7) is 0.335. The third kappa shape index (κ3) is 2.48. The van der Waals surface area contributed by atoms with Gasteiger partial charge in [-0.25, -0.2) is 4.98 Å². The molecule has 2 N–H and O–H groups in total. The maximum atomic E-state index is 6.08. The maximum absolute atomic E-state index is 6.08. The van der Waals surface area contributed by atoms with Crippen molar-refractivity contribution in [2.45, 2.75) is 6.54 Å². The summed E-state index contributed by atoms with van der Waals surface area (Å²) in [7, 11) is 3.27. The predicted molar refractivity (Wildman–Crippen MR) is 97.2 cm³/mol. The number of hydrogen-bond donors (Lipinski definition) is 1. The highest BCUT2D eigenvalue weighted by molar-refractivity contribution is 7.15. The minimum Gasteiger partial charge on any atom is -0.497 e. The lowest BCUT2D eigenvalue weighted by Crippen LogP contribution is -2.03. The highest BCUT2D eigenvalue weighted by atomic mass is 32.1. The van der Waals surface area contributed by atoms with E-state index < -0.39 is 0 Å². The van der Waals surface area contributed by atoms with Crippen LogP contribution in [-0.4, -0.2) is 23.6 Å². The second-order valence-electron chi connectivity index (χ2n) is 5.39. The Labute approximate surface area is 148 Å². The topological polar surface area (TPSA) is 74.9 Å². The van der Waals surface area contributed by atoms with Crippen molar-refractivity contribution in [1.29, 1.82) is 0 Å². The van der Waals surface area contributed by atoms with Gasteiger partial charge in [0.2, 0.25) is 0 Å². The average molecular weight is 355 g/mol. The van der Waals surface area contributed by atoms with E-state index >= 15 is 0 Å². The van der Waals surface area contributed by atoms with Crippen LogP contribution in [0.5, 0.6) is 11.5 Å². The molecule has 0 bridgehead atoms. The van der Waals surface area contributed by atoms with Gasteiger partial charge in [0.05, 0.1) is 31.9 Å². The molecule has 0 aliphatic carbocycles. The van der Waals surface area contributed by atoms with Crippen LogP contribution in [0.1, 0.15) is 5.69 Å². The summed E-state index contributed by atoms with van der Waals surface area (Å²) in [5, 5.41) is 2.02. The molecule has 4 aromatic rings. The van der Waals surface area contributed by atoms with Crippen molar-refractivity contribution in [2.24, 2.45) is 5.73 Å². The highest BCUT2D eigenvalue weighted by Gasteiger charge is 2.21. The molecule has 3 aromatic heterocycles. The Hall–Kier alpha value is -2.77. The van der Waals surface area contributed by atoms with E-state index in [1.54, 1.807) is 31.8 Å². The Bertz CT molecular complexity index is 1020. The third-order valence-electron chi connectivity index (χ3n) is 4.09. The standard InChI is InChI=1S/C18H17N3O3S/c1-22-11-5-6-15(23-2)12(8-11)17-13(9-19)21-14(10-25-18(21)20-17)16-4-3-7-24-16/h3-8,10H,9,19H2,1-2H3. The number of furan rings is 1. The van der Waals surface area contributed by atoms with Gasteiger partial charge in [-0.1, -0.05) is 0 Å². The zero-order valence-corrected chi connectivity index (χ0v) is 14.7. The van der Waals surface area contributed by atoms with Crippen LogP contribution in [0.15, 0.2) is 46.4 Å². The first-order chi connectivity index (χ1) is 12.3. The lowest BCUT2D eigenvalue weighted by molar-refractivity contribution is 0.404. The summed E-state index contributed by atoms with van der Waals surface area (Å²) in [6, 6.07) is 9.43. The molecule has 0 aliphatic rings. The number of aromatic nitrogens is 2. The Balaban J connectivity index is 1.98. The van der Waals surface area contributed by atoms with Gasteiger partial charge in [-0.3, -0.25) is 4.40 Å². The summed E-state index contributed by atoms with van der Waals surface area (Å²) in [6.07, 6.45) is 1.66. The average Bonchev–Trinajstić information content (AvgIpc) is 3.36. The van der Waals surface area contributed by atoms with Crippen molar-refractivity contribution in [2.75, 3.05) is 14.2 Å². The molecule has 25 heavy (non-hydrogen) atoms. The number of thiazole rings is 1. The summed E-state index contributed by atoms with van der Waals surface area (Å²) in [4.78, 5) is 5.65. The largest absolute Gasteiger partial charge is 0.497 e. The number of ether oxygens (including phenoxy) is 2. The number of methoxy groups -OCH3 is 2. The molecule has 1 aromatic carbocycles. The Kier molecular flexibility index (Phi) is 3.95. The highest BCUT2D eigenvalue weighted by Crippen LogP contribution is 2.38. The van der Waals surface area contributed by atoms with E-state index in [-0.39, 0.29) is 0 Å². The molecule has 4 rings (SSSR count). The molecule has 6 nitrogen and oxygen atoms in total. The zero-order chi connectivity index (χ0) is 17.4. The summed E-state index contributed by atoms with van der Waals surface area (Å²) in [5.41, 5.74) is 9.56. The fourth-order valence-electron chi connectivity index (χ4n) is 2.92. The van der Waals surface area contributed by atoms with Crippen LogP contribution in [0.2, 0.25) is 0 Å². The van der Waals surface area contributed by atoms with E-state index in [1.807, 2.05) is 40.1 Å². The second-order valence-corrected chi connectivity index (χ2v) is 6.23. The molecular formula is C18H17N3O3S. The molecule has 0 saturated heterocycles. The molecule has 0 unspecified atom stereocenters. The quantitative estimate of drug-likeness (QED) is 0.589. The molecule has 128 valence electrons. The second kappa shape index (κ2) is 6.27. The fraction of sp³-hybridized carbons (Fsp3) is 0.167. The minimum absolute atomic E-state index is 0.335. The molecule has 0 radical (unpaired) electrons. The number of benzene rings is 1. The smallest absolute Gasteiger partial charge is 0.195 e. The van der Waals surface area contributed by atoms with Gasteiger partial charge in [0.25, 0.3) is 0 Å². The van der Waals surface area contributed by atoms with Gasteiger partial charge in [0, 0.05) is 17.5 Å². The summed E-state index contributed by atoms with van der Waals surface area (Å²) >= 11 is 1.54. The van der Waals surface area contributed by atoms with Gasteiger partial charge >= 0.3 is 0 Å². The number of hydrogen-bond acceptors (Lipinski definition) is 6. The maximum Gasteiger partial charge on any atom is 0.195 e. The molecule has 0 spiro atoms. The number of rotatable bonds is 5. The van der Waals surface area contributed by atoms with Crippen molar-refractivity contribution in [3.8, 4) is 34.2 Å². The SMILES string of the molecule is COc1ccc(OC)c(-c2nc3scc(-c4ccco4)n3c2CN)c1. The first kappa shape index (κ1) is 15.7. The van der Waals surface area contributed by atoms with Crippen LogP contribution >= 0.6 is 11.3 Å².